The molecule has 4 rings (SSSR count). The van der Waals surface area contributed by atoms with Gasteiger partial charge < -0.3 is 15.2 Å². The van der Waals surface area contributed by atoms with Gasteiger partial charge in [0.25, 0.3) is 0 Å². The van der Waals surface area contributed by atoms with Crippen LogP contribution in [0.15, 0.2) is 18.2 Å². The van der Waals surface area contributed by atoms with Crippen LogP contribution in [0.3, 0.4) is 0 Å². The highest BCUT2D eigenvalue weighted by molar-refractivity contribution is 5.91. The summed E-state index contributed by atoms with van der Waals surface area (Å²) in [5.41, 5.74) is 3.26. The van der Waals surface area contributed by atoms with Crippen molar-refractivity contribution in [3.8, 4) is 11.5 Å². The zero-order valence-corrected chi connectivity index (χ0v) is 12.1. The van der Waals surface area contributed by atoms with E-state index in [-0.39, 0.29) is 23.0 Å². The molecule has 110 valence electrons. The number of phenols is 1. The fraction of sp³-hybridized carbons (Fsp3) is 0.471. The summed E-state index contributed by atoms with van der Waals surface area (Å²) in [7, 11) is 1.59. The number of carbonyl (C=O) groups is 1. The molecule has 1 heterocycles. The minimum Gasteiger partial charge on any atom is -0.504 e. The quantitative estimate of drug-likeness (QED) is 0.830. The summed E-state index contributed by atoms with van der Waals surface area (Å²) in [5, 5.41) is 14.2. The molecule has 0 saturated carbocycles. The van der Waals surface area contributed by atoms with Crippen molar-refractivity contribution < 1.29 is 14.6 Å². The van der Waals surface area contributed by atoms with Crippen molar-refractivity contribution in [3.63, 3.8) is 0 Å². The SMILES string of the molecule is COc1cc2c3c(c1O)[C@]1(C=CC(=O)CC1)C[C@H]3NCC2. The average molecular weight is 285 g/mol. The van der Waals surface area contributed by atoms with Crippen LogP contribution in [-0.2, 0) is 16.6 Å². The molecule has 0 aromatic heterocycles. The maximum atomic E-state index is 11.6. The second-order valence-electron chi connectivity index (χ2n) is 6.29. The summed E-state index contributed by atoms with van der Waals surface area (Å²) >= 11 is 0. The van der Waals surface area contributed by atoms with Crippen molar-refractivity contribution in [1.82, 2.24) is 5.32 Å². The Labute approximate surface area is 123 Å². The summed E-state index contributed by atoms with van der Waals surface area (Å²) in [6.45, 7) is 0.948. The molecular formula is C17H19NO3. The normalized spacial score (nSPS) is 29.8. The Morgan fingerprint density at radius 1 is 1.43 bits per heavy atom. The monoisotopic (exact) mass is 285 g/mol. The molecule has 1 spiro atoms. The van der Waals surface area contributed by atoms with Gasteiger partial charge in [-0.2, -0.15) is 0 Å². The lowest BCUT2D eigenvalue weighted by atomic mass is 9.73. The van der Waals surface area contributed by atoms with Crippen LogP contribution in [0.4, 0.5) is 0 Å². The lowest BCUT2D eigenvalue weighted by Gasteiger charge is -2.30. The van der Waals surface area contributed by atoms with Crippen LogP contribution in [0.5, 0.6) is 11.5 Å². The maximum absolute atomic E-state index is 11.6. The number of ether oxygens (including phenoxy) is 1. The Hall–Kier alpha value is -1.81. The van der Waals surface area contributed by atoms with Crippen molar-refractivity contribution >= 4 is 5.78 Å². The average Bonchev–Trinajstić information content (AvgIpc) is 2.82. The zero-order chi connectivity index (χ0) is 14.6. The molecule has 0 bridgehead atoms. The number of methoxy groups -OCH3 is 1. The number of allylic oxidation sites excluding steroid dienone is 2. The number of ketones is 1. The second-order valence-corrected chi connectivity index (χ2v) is 6.29. The predicted molar refractivity (Wildman–Crippen MR) is 78.8 cm³/mol. The highest BCUT2D eigenvalue weighted by atomic mass is 16.5. The predicted octanol–water partition coefficient (Wildman–Crippen LogP) is 2.15. The fourth-order valence-electron chi connectivity index (χ4n) is 4.25. The molecule has 2 aliphatic carbocycles. The van der Waals surface area contributed by atoms with Gasteiger partial charge in [-0.3, -0.25) is 4.79 Å². The summed E-state index contributed by atoms with van der Waals surface area (Å²) in [6.07, 6.45) is 6.89. The topological polar surface area (TPSA) is 58.6 Å². The van der Waals surface area contributed by atoms with E-state index in [0.29, 0.717) is 12.2 Å². The van der Waals surface area contributed by atoms with Crippen molar-refractivity contribution in [3.05, 3.63) is 34.9 Å². The maximum Gasteiger partial charge on any atom is 0.162 e. The molecule has 0 unspecified atom stereocenters. The van der Waals surface area contributed by atoms with Gasteiger partial charge >= 0.3 is 0 Å². The lowest BCUT2D eigenvalue weighted by molar-refractivity contribution is -0.115. The van der Waals surface area contributed by atoms with Gasteiger partial charge in [0.15, 0.2) is 17.3 Å². The highest BCUT2D eigenvalue weighted by Crippen LogP contribution is 2.57. The first-order valence-corrected chi connectivity index (χ1v) is 7.53. The second kappa shape index (κ2) is 4.34. The first-order valence-electron chi connectivity index (χ1n) is 7.53. The third-order valence-electron chi connectivity index (χ3n) is 5.22. The first kappa shape index (κ1) is 12.9. The molecular weight excluding hydrogens is 266 g/mol. The summed E-state index contributed by atoms with van der Waals surface area (Å²) in [6, 6.07) is 2.25. The van der Waals surface area contributed by atoms with E-state index >= 15 is 0 Å². The van der Waals surface area contributed by atoms with Crippen LogP contribution in [0.1, 0.15) is 42.0 Å². The molecule has 0 radical (unpaired) electrons. The Morgan fingerprint density at radius 2 is 2.29 bits per heavy atom. The molecule has 0 amide bonds. The number of hydrogen-bond donors (Lipinski definition) is 2. The number of nitrogens with one attached hydrogen (secondary N) is 1. The molecule has 1 aromatic carbocycles. The Morgan fingerprint density at radius 3 is 3.00 bits per heavy atom. The Balaban J connectivity index is 1.98. The van der Waals surface area contributed by atoms with Crippen LogP contribution in [0.25, 0.3) is 0 Å². The molecule has 0 fully saturated rings. The molecule has 3 aliphatic rings. The zero-order valence-electron chi connectivity index (χ0n) is 12.1. The summed E-state index contributed by atoms with van der Waals surface area (Å²) in [5.74, 6) is 0.980. The van der Waals surface area contributed by atoms with Gasteiger partial charge in [0.2, 0.25) is 0 Å². The molecule has 2 atom stereocenters. The molecule has 1 aromatic rings. The number of benzene rings is 1. The van der Waals surface area contributed by atoms with E-state index in [1.165, 1.54) is 11.1 Å². The van der Waals surface area contributed by atoms with E-state index in [0.717, 1.165) is 31.4 Å². The van der Waals surface area contributed by atoms with Gasteiger partial charge in [-0.25, -0.2) is 0 Å². The Kier molecular flexibility index (Phi) is 2.67. The molecule has 1 aliphatic heterocycles. The van der Waals surface area contributed by atoms with E-state index in [1.54, 1.807) is 13.2 Å². The molecule has 0 saturated heterocycles. The Bertz CT molecular complexity index is 664. The highest BCUT2D eigenvalue weighted by Gasteiger charge is 2.48. The number of hydrogen-bond acceptors (Lipinski definition) is 4. The van der Waals surface area contributed by atoms with Gasteiger partial charge in [-0.1, -0.05) is 6.08 Å². The fourth-order valence-corrected chi connectivity index (χ4v) is 4.25. The third kappa shape index (κ3) is 1.69. The number of rotatable bonds is 1. The number of carbonyl (C=O) groups excluding carboxylic acids is 1. The largest absolute Gasteiger partial charge is 0.504 e. The number of fused-ring (bicyclic) bond motifs is 1. The summed E-state index contributed by atoms with van der Waals surface area (Å²) < 4.78 is 5.37. The van der Waals surface area contributed by atoms with Gasteiger partial charge in [-0.05, 0) is 49.1 Å². The van der Waals surface area contributed by atoms with Crippen molar-refractivity contribution in [2.24, 2.45) is 0 Å². The minimum absolute atomic E-state index is 0.177. The van der Waals surface area contributed by atoms with Crippen LogP contribution in [0.2, 0.25) is 0 Å². The van der Waals surface area contributed by atoms with Crippen LogP contribution in [-0.4, -0.2) is 24.5 Å². The van der Waals surface area contributed by atoms with Crippen molar-refractivity contribution in [2.75, 3.05) is 13.7 Å². The van der Waals surface area contributed by atoms with Gasteiger partial charge in [0, 0.05) is 23.4 Å². The van der Waals surface area contributed by atoms with E-state index in [9.17, 15) is 9.90 Å². The number of phenolic OH excluding ortho intramolecular Hbond substituents is 1. The molecule has 4 nitrogen and oxygen atoms in total. The summed E-state index contributed by atoms with van der Waals surface area (Å²) in [4.78, 5) is 11.6. The van der Waals surface area contributed by atoms with Crippen LogP contribution < -0.4 is 10.1 Å². The van der Waals surface area contributed by atoms with Crippen molar-refractivity contribution in [2.45, 2.75) is 37.1 Å². The van der Waals surface area contributed by atoms with E-state index in [2.05, 4.69) is 5.32 Å². The van der Waals surface area contributed by atoms with Gasteiger partial charge in [0.1, 0.15) is 0 Å². The molecule has 4 heteroatoms. The van der Waals surface area contributed by atoms with Crippen molar-refractivity contribution in [1.29, 1.82) is 0 Å². The van der Waals surface area contributed by atoms with Crippen LogP contribution >= 0.6 is 0 Å². The van der Waals surface area contributed by atoms with E-state index in [1.807, 2.05) is 12.1 Å². The number of aromatic hydroxyl groups is 1. The van der Waals surface area contributed by atoms with Gasteiger partial charge in [-0.15, -0.1) is 0 Å². The smallest absolute Gasteiger partial charge is 0.162 e. The minimum atomic E-state index is -0.224. The molecule has 21 heavy (non-hydrogen) atoms. The third-order valence-corrected chi connectivity index (χ3v) is 5.22. The molecule has 2 N–H and O–H groups in total. The van der Waals surface area contributed by atoms with E-state index < -0.39 is 0 Å². The van der Waals surface area contributed by atoms with Gasteiger partial charge in [0.05, 0.1) is 7.11 Å². The van der Waals surface area contributed by atoms with E-state index in [4.69, 9.17) is 4.74 Å². The van der Waals surface area contributed by atoms with Crippen LogP contribution in [0, 0.1) is 0 Å². The standard InChI is InChI=1S/C17H19NO3/c1-21-13-8-10-4-7-18-12-9-17(5-2-11(19)3-6-17)15(14(10)12)16(13)20/h2,5,8,12,18,20H,3-4,6-7,9H2,1H3/t12-,17+/m1/s1. The first-order chi connectivity index (χ1) is 10.1. The lowest BCUT2D eigenvalue weighted by Crippen LogP contribution is -2.29.